The molecule has 12 aromatic rings. The summed E-state index contributed by atoms with van der Waals surface area (Å²) in [7, 11) is 0. The van der Waals surface area contributed by atoms with Crippen molar-refractivity contribution in [2.24, 2.45) is 0 Å². The number of para-hydroxylation sites is 2. The minimum atomic E-state index is 0.574. The van der Waals surface area contributed by atoms with Crippen molar-refractivity contribution in [2.45, 2.75) is 0 Å². The fraction of sp³-hybridized carbons (Fsp3) is 0. The van der Waals surface area contributed by atoms with E-state index in [2.05, 4.69) is 155 Å². The zero-order chi connectivity index (χ0) is 41.0. The quantitative estimate of drug-likeness (QED) is 0.161. The molecule has 0 aliphatic rings. The molecule has 0 N–H and O–H groups in total. The second kappa shape index (κ2) is 14.7. The van der Waals surface area contributed by atoms with Crippen LogP contribution >= 0.6 is 0 Å². The van der Waals surface area contributed by atoms with Gasteiger partial charge in [0.15, 0.2) is 11.6 Å². The van der Waals surface area contributed by atoms with Gasteiger partial charge in [-0.25, -0.2) is 9.97 Å². The zero-order valence-electron chi connectivity index (χ0n) is 33.5. The molecule has 4 heterocycles. The van der Waals surface area contributed by atoms with Crippen LogP contribution in [0.4, 0.5) is 0 Å². The molecule has 0 radical (unpaired) electrons. The standard InChI is InChI=1S/C56H36N6/c1-5-17-38(18-6-1)48-33-42(34-49(57-48)39-19-7-2-8-20-39)37-29-31-43(32-30-37)61-50-27-15-13-25-44(50)46-36-53-47(35-52(46)61)45-26-14-16-28-51(45)62(53)56-59-54(40-21-9-3-10-22-40)58-55(60-56)41-23-11-4-12-24-41/h1-36H. The van der Waals surface area contributed by atoms with E-state index in [1.165, 1.54) is 5.39 Å². The van der Waals surface area contributed by atoms with E-state index >= 15 is 0 Å². The maximum atomic E-state index is 5.18. The van der Waals surface area contributed by atoms with E-state index < -0.39 is 0 Å². The van der Waals surface area contributed by atoms with Gasteiger partial charge in [-0.2, -0.15) is 9.97 Å². The Labute approximate surface area is 357 Å². The molecule has 290 valence electrons. The molecule has 12 rings (SSSR count). The van der Waals surface area contributed by atoms with Gasteiger partial charge in [-0.15, -0.1) is 0 Å². The summed E-state index contributed by atoms with van der Waals surface area (Å²) in [5.74, 6) is 1.83. The van der Waals surface area contributed by atoms with E-state index in [1.54, 1.807) is 0 Å². The van der Waals surface area contributed by atoms with Gasteiger partial charge >= 0.3 is 0 Å². The van der Waals surface area contributed by atoms with Crippen LogP contribution < -0.4 is 0 Å². The Balaban J connectivity index is 1.04. The van der Waals surface area contributed by atoms with Gasteiger partial charge in [0.1, 0.15) is 0 Å². The molecule has 0 fully saturated rings. The minimum absolute atomic E-state index is 0.574. The molecule has 0 unspecified atom stereocenters. The molecule has 0 amide bonds. The maximum Gasteiger partial charge on any atom is 0.238 e. The second-order valence-electron chi connectivity index (χ2n) is 15.5. The van der Waals surface area contributed by atoms with E-state index in [9.17, 15) is 0 Å². The number of nitrogens with zero attached hydrogens (tertiary/aromatic N) is 6. The third-order valence-corrected chi connectivity index (χ3v) is 11.8. The molecule has 0 spiro atoms. The topological polar surface area (TPSA) is 61.4 Å². The summed E-state index contributed by atoms with van der Waals surface area (Å²) in [5, 5.41) is 4.57. The number of aromatic nitrogens is 6. The van der Waals surface area contributed by atoms with Gasteiger partial charge in [-0.1, -0.05) is 170 Å². The SMILES string of the molecule is c1ccc(-c2cc(-c3ccc(-n4c5ccccc5c5cc6c(cc54)c4ccccc4n6-c4nc(-c5ccccc5)nc(-c5ccccc5)n4)cc3)cc(-c3ccccc3)n2)cc1. The van der Waals surface area contributed by atoms with E-state index in [1.807, 2.05) is 72.8 Å². The lowest BCUT2D eigenvalue weighted by molar-refractivity contribution is 0.954. The van der Waals surface area contributed by atoms with Crippen molar-refractivity contribution < 1.29 is 0 Å². The van der Waals surface area contributed by atoms with Crippen molar-refractivity contribution in [2.75, 3.05) is 0 Å². The van der Waals surface area contributed by atoms with Crippen molar-refractivity contribution in [1.82, 2.24) is 29.1 Å². The van der Waals surface area contributed by atoms with E-state index in [4.69, 9.17) is 19.9 Å². The van der Waals surface area contributed by atoms with Crippen LogP contribution in [0.25, 0.3) is 112 Å². The summed E-state index contributed by atoms with van der Waals surface area (Å²) in [6.07, 6.45) is 0. The number of benzene rings is 8. The van der Waals surface area contributed by atoms with Gasteiger partial charge < -0.3 is 4.57 Å². The smallest absolute Gasteiger partial charge is 0.238 e. The largest absolute Gasteiger partial charge is 0.309 e. The molecule has 6 nitrogen and oxygen atoms in total. The average molecular weight is 793 g/mol. The molecule has 62 heavy (non-hydrogen) atoms. The molecular weight excluding hydrogens is 757 g/mol. The summed E-state index contributed by atoms with van der Waals surface area (Å²) in [6, 6.07) is 76.3. The number of rotatable bonds is 7. The number of pyridine rings is 1. The third kappa shape index (κ3) is 6.04. The van der Waals surface area contributed by atoms with Crippen LogP contribution in [0.1, 0.15) is 0 Å². The Morgan fingerprint density at radius 2 is 0.677 bits per heavy atom. The zero-order valence-corrected chi connectivity index (χ0v) is 33.5. The molecule has 0 atom stereocenters. The molecule has 8 aromatic carbocycles. The van der Waals surface area contributed by atoms with Crippen molar-refractivity contribution >= 4 is 43.6 Å². The highest BCUT2D eigenvalue weighted by Gasteiger charge is 2.21. The van der Waals surface area contributed by atoms with Crippen LogP contribution in [0.5, 0.6) is 0 Å². The predicted molar refractivity (Wildman–Crippen MR) is 253 cm³/mol. The molecular formula is C56H36N6. The van der Waals surface area contributed by atoms with Crippen LogP contribution in [-0.4, -0.2) is 29.1 Å². The number of hydrogen-bond donors (Lipinski definition) is 0. The Bertz CT molecular complexity index is 3480. The summed E-state index contributed by atoms with van der Waals surface area (Å²) in [6.45, 7) is 0. The average Bonchev–Trinajstić information content (AvgIpc) is 3.86. The van der Waals surface area contributed by atoms with Crippen LogP contribution in [0.3, 0.4) is 0 Å². The van der Waals surface area contributed by atoms with Gasteiger partial charge in [-0.3, -0.25) is 4.57 Å². The first-order valence-electron chi connectivity index (χ1n) is 20.8. The van der Waals surface area contributed by atoms with Crippen LogP contribution in [-0.2, 0) is 0 Å². The van der Waals surface area contributed by atoms with Crippen LogP contribution in [0, 0.1) is 0 Å². The molecule has 4 aromatic heterocycles. The van der Waals surface area contributed by atoms with Gasteiger partial charge in [0.2, 0.25) is 5.95 Å². The Morgan fingerprint density at radius 1 is 0.258 bits per heavy atom. The summed E-state index contributed by atoms with van der Waals surface area (Å²) in [5.41, 5.74) is 13.6. The van der Waals surface area contributed by atoms with Gasteiger partial charge in [0.25, 0.3) is 0 Å². The van der Waals surface area contributed by atoms with Crippen LogP contribution in [0.15, 0.2) is 218 Å². The fourth-order valence-electron chi connectivity index (χ4n) is 8.84. The molecule has 0 aliphatic carbocycles. The van der Waals surface area contributed by atoms with Crippen molar-refractivity contribution in [1.29, 1.82) is 0 Å². The molecule has 0 bridgehead atoms. The van der Waals surface area contributed by atoms with E-state index in [0.717, 1.165) is 88.7 Å². The highest BCUT2D eigenvalue weighted by molar-refractivity contribution is 6.19. The van der Waals surface area contributed by atoms with Gasteiger partial charge in [-0.05, 0) is 59.7 Å². The third-order valence-electron chi connectivity index (χ3n) is 11.8. The molecule has 0 saturated carbocycles. The second-order valence-corrected chi connectivity index (χ2v) is 15.5. The van der Waals surface area contributed by atoms with E-state index in [-0.39, 0.29) is 0 Å². The summed E-state index contributed by atoms with van der Waals surface area (Å²) in [4.78, 5) is 20.5. The summed E-state index contributed by atoms with van der Waals surface area (Å²) >= 11 is 0. The first-order chi connectivity index (χ1) is 30.7. The normalized spacial score (nSPS) is 11.5. The van der Waals surface area contributed by atoms with E-state index in [0.29, 0.717) is 17.6 Å². The molecule has 6 heteroatoms. The Hall–Kier alpha value is -8.48. The Morgan fingerprint density at radius 3 is 1.18 bits per heavy atom. The molecule has 0 aliphatic heterocycles. The first kappa shape index (κ1) is 35.5. The van der Waals surface area contributed by atoms with Crippen molar-refractivity contribution in [3.8, 4) is 68.1 Å². The number of hydrogen-bond acceptors (Lipinski definition) is 4. The lowest BCUT2D eigenvalue weighted by Gasteiger charge is -2.12. The van der Waals surface area contributed by atoms with Gasteiger partial charge in [0.05, 0.1) is 33.5 Å². The first-order valence-corrected chi connectivity index (χ1v) is 20.8. The number of fused-ring (bicyclic) bond motifs is 6. The highest BCUT2D eigenvalue weighted by atomic mass is 15.2. The predicted octanol–water partition coefficient (Wildman–Crippen LogP) is 13.8. The lowest BCUT2D eigenvalue weighted by atomic mass is 10.00. The summed E-state index contributed by atoms with van der Waals surface area (Å²) < 4.78 is 4.59. The Kier molecular flexibility index (Phi) is 8.38. The van der Waals surface area contributed by atoms with Crippen LogP contribution in [0.2, 0.25) is 0 Å². The maximum absolute atomic E-state index is 5.18. The monoisotopic (exact) mass is 792 g/mol. The highest BCUT2D eigenvalue weighted by Crippen LogP contribution is 2.40. The fourth-order valence-corrected chi connectivity index (χ4v) is 8.84. The van der Waals surface area contributed by atoms with Crippen molar-refractivity contribution in [3.05, 3.63) is 218 Å². The minimum Gasteiger partial charge on any atom is -0.309 e. The van der Waals surface area contributed by atoms with Crippen molar-refractivity contribution in [3.63, 3.8) is 0 Å². The lowest BCUT2D eigenvalue weighted by Crippen LogP contribution is -2.06. The van der Waals surface area contributed by atoms with Gasteiger partial charge in [0, 0.05) is 49.5 Å². The molecule has 0 saturated heterocycles.